The van der Waals surface area contributed by atoms with Crippen LogP contribution in [0.1, 0.15) is 27.9 Å². The van der Waals surface area contributed by atoms with Crippen LogP contribution in [0.2, 0.25) is 0 Å². The molecule has 22 heavy (non-hydrogen) atoms. The zero-order valence-corrected chi connectivity index (χ0v) is 11.7. The van der Waals surface area contributed by atoms with Crippen LogP contribution < -0.4 is 5.46 Å². The van der Waals surface area contributed by atoms with Crippen molar-refractivity contribution >= 4 is 18.4 Å². The molecule has 112 valence electrons. The van der Waals surface area contributed by atoms with Gasteiger partial charge in [0.2, 0.25) is 0 Å². The molecule has 1 aliphatic rings. The number of hydrogen-bond acceptors (Lipinski definition) is 3. The fourth-order valence-corrected chi connectivity index (χ4v) is 2.54. The minimum absolute atomic E-state index is 0.00636. The zero-order valence-electron chi connectivity index (χ0n) is 11.7. The van der Waals surface area contributed by atoms with Crippen LogP contribution in [0.3, 0.4) is 0 Å². The van der Waals surface area contributed by atoms with Crippen molar-refractivity contribution < 1.29 is 23.3 Å². The number of Topliss-reactive ketones (excluding diaryl/α,β-unsaturated/α-hetero) is 1. The van der Waals surface area contributed by atoms with E-state index in [0.717, 1.165) is 0 Å². The molecule has 1 heterocycles. The molecular weight excluding hydrogens is 289 g/mol. The Morgan fingerprint density at radius 1 is 1.23 bits per heavy atom. The van der Waals surface area contributed by atoms with Gasteiger partial charge >= 0.3 is 7.12 Å². The summed E-state index contributed by atoms with van der Waals surface area (Å²) in [6.45, 7) is 0.122. The largest absolute Gasteiger partial charge is 0.491 e. The number of ketones is 1. The Kier molecular flexibility index (Phi) is 4.05. The summed E-state index contributed by atoms with van der Waals surface area (Å²) in [6, 6.07) is 8.71. The molecule has 0 atom stereocenters. The highest BCUT2D eigenvalue weighted by Gasteiger charge is 2.29. The number of aryl methyl sites for hydroxylation is 1. The summed E-state index contributed by atoms with van der Waals surface area (Å²) >= 11 is 0. The quantitative estimate of drug-likeness (QED) is 0.694. The molecule has 6 heteroatoms. The second-order valence-corrected chi connectivity index (χ2v) is 5.21. The SMILES string of the molecule is O=C(CCc1ccccc1F)c1cc2c(cc1F)COB2O. The fraction of sp³-hybridized carbons (Fsp3) is 0.188. The smallest absolute Gasteiger partial charge is 0.423 e. The summed E-state index contributed by atoms with van der Waals surface area (Å²) in [5, 5.41) is 9.62. The summed E-state index contributed by atoms with van der Waals surface area (Å²) in [6.07, 6.45) is 0.189. The van der Waals surface area contributed by atoms with E-state index in [0.29, 0.717) is 16.6 Å². The van der Waals surface area contributed by atoms with Crippen LogP contribution in [-0.4, -0.2) is 17.9 Å². The lowest BCUT2D eigenvalue weighted by Crippen LogP contribution is -2.29. The monoisotopic (exact) mass is 302 g/mol. The third-order valence-corrected chi connectivity index (χ3v) is 3.77. The third kappa shape index (κ3) is 2.80. The molecule has 3 rings (SSSR count). The van der Waals surface area contributed by atoms with Crippen LogP contribution in [-0.2, 0) is 17.7 Å². The van der Waals surface area contributed by atoms with Crippen molar-refractivity contribution in [3.63, 3.8) is 0 Å². The second-order valence-electron chi connectivity index (χ2n) is 5.21. The van der Waals surface area contributed by atoms with Crippen LogP contribution in [0.4, 0.5) is 8.78 Å². The van der Waals surface area contributed by atoms with Crippen molar-refractivity contribution in [1.82, 2.24) is 0 Å². The van der Waals surface area contributed by atoms with Gasteiger partial charge in [0, 0.05) is 6.42 Å². The van der Waals surface area contributed by atoms with E-state index < -0.39 is 18.7 Å². The normalized spacial score (nSPS) is 13.3. The van der Waals surface area contributed by atoms with E-state index in [-0.39, 0.29) is 30.8 Å². The van der Waals surface area contributed by atoms with Crippen molar-refractivity contribution in [3.8, 4) is 0 Å². The predicted octanol–water partition coefficient (Wildman–Crippen LogP) is 2.00. The first-order chi connectivity index (χ1) is 10.6. The van der Waals surface area contributed by atoms with Crippen LogP contribution >= 0.6 is 0 Å². The molecule has 0 saturated heterocycles. The van der Waals surface area contributed by atoms with Gasteiger partial charge in [-0.2, -0.15) is 0 Å². The Bertz CT molecular complexity index is 733. The number of carbonyl (C=O) groups excluding carboxylic acids is 1. The van der Waals surface area contributed by atoms with E-state index in [1.807, 2.05) is 0 Å². The van der Waals surface area contributed by atoms with Gasteiger partial charge < -0.3 is 9.68 Å². The Hall–Kier alpha value is -2.05. The average Bonchev–Trinajstić information content (AvgIpc) is 2.86. The minimum atomic E-state index is -1.13. The summed E-state index contributed by atoms with van der Waals surface area (Å²) in [5.41, 5.74) is 1.27. The summed E-state index contributed by atoms with van der Waals surface area (Å²) in [4.78, 5) is 12.2. The van der Waals surface area contributed by atoms with Gasteiger partial charge in [0.1, 0.15) is 11.6 Å². The molecule has 0 saturated carbocycles. The Labute approximate surface area is 126 Å². The van der Waals surface area contributed by atoms with Gasteiger partial charge in [-0.25, -0.2) is 8.78 Å². The van der Waals surface area contributed by atoms with Crippen LogP contribution in [0.25, 0.3) is 0 Å². The summed E-state index contributed by atoms with van der Waals surface area (Å²) in [7, 11) is -1.13. The maximum absolute atomic E-state index is 14.0. The molecule has 0 aromatic heterocycles. The first-order valence-corrected chi connectivity index (χ1v) is 6.95. The molecule has 1 N–H and O–H groups in total. The minimum Gasteiger partial charge on any atom is -0.423 e. The van der Waals surface area contributed by atoms with Crippen LogP contribution in [0, 0.1) is 11.6 Å². The maximum Gasteiger partial charge on any atom is 0.491 e. The van der Waals surface area contributed by atoms with Gasteiger partial charge in [0.25, 0.3) is 0 Å². The number of halogens is 2. The zero-order chi connectivity index (χ0) is 15.7. The maximum atomic E-state index is 14.0. The number of hydrogen-bond donors (Lipinski definition) is 1. The molecule has 0 amide bonds. The van der Waals surface area contributed by atoms with E-state index in [1.165, 1.54) is 18.2 Å². The first-order valence-electron chi connectivity index (χ1n) is 6.95. The van der Waals surface area contributed by atoms with Crippen molar-refractivity contribution in [1.29, 1.82) is 0 Å². The Balaban J connectivity index is 1.78. The van der Waals surface area contributed by atoms with E-state index in [9.17, 15) is 18.6 Å². The Morgan fingerprint density at radius 2 is 2.00 bits per heavy atom. The van der Waals surface area contributed by atoms with Crippen molar-refractivity contribution in [2.75, 3.05) is 0 Å². The van der Waals surface area contributed by atoms with E-state index in [1.54, 1.807) is 18.2 Å². The lowest BCUT2D eigenvalue weighted by molar-refractivity contribution is 0.0979. The molecule has 0 spiro atoms. The molecule has 0 aliphatic carbocycles. The molecule has 0 radical (unpaired) electrons. The topological polar surface area (TPSA) is 46.5 Å². The standard InChI is InChI=1S/C16H13BF2O3/c18-14-4-2-1-3-10(14)5-6-16(20)12-8-13-11(7-15(12)19)9-22-17(13)21/h1-4,7-8,21H,5-6,9H2. The van der Waals surface area contributed by atoms with Crippen molar-refractivity contribution in [3.05, 3.63) is 64.7 Å². The second kappa shape index (κ2) is 5.98. The highest BCUT2D eigenvalue weighted by Crippen LogP contribution is 2.18. The lowest BCUT2D eigenvalue weighted by Gasteiger charge is -2.07. The van der Waals surface area contributed by atoms with Gasteiger partial charge in [-0.3, -0.25) is 4.79 Å². The molecule has 0 unspecified atom stereocenters. The van der Waals surface area contributed by atoms with E-state index in [2.05, 4.69) is 0 Å². The molecule has 0 fully saturated rings. The molecule has 3 nitrogen and oxygen atoms in total. The highest BCUT2D eigenvalue weighted by molar-refractivity contribution is 6.61. The molecule has 2 aromatic carbocycles. The highest BCUT2D eigenvalue weighted by atomic mass is 19.1. The number of benzene rings is 2. The van der Waals surface area contributed by atoms with E-state index in [4.69, 9.17) is 4.65 Å². The fourth-order valence-electron chi connectivity index (χ4n) is 2.54. The molecule has 2 aromatic rings. The Morgan fingerprint density at radius 3 is 2.77 bits per heavy atom. The third-order valence-electron chi connectivity index (χ3n) is 3.77. The van der Waals surface area contributed by atoms with Gasteiger partial charge in [-0.05, 0) is 41.2 Å². The van der Waals surface area contributed by atoms with Crippen LogP contribution in [0.15, 0.2) is 36.4 Å². The predicted molar refractivity (Wildman–Crippen MR) is 77.8 cm³/mol. The van der Waals surface area contributed by atoms with Gasteiger partial charge in [-0.15, -0.1) is 0 Å². The molecule has 0 bridgehead atoms. The van der Waals surface area contributed by atoms with Gasteiger partial charge in [0.15, 0.2) is 5.78 Å². The summed E-state index contributed by atoms with van der Waals surface area (Å²) < 4.78 is 32.5. The van der Waals surface area contributed by atoms with Crippen molar-refractivity contribution in [2.24, 2.45) is 0 Å². The van der Waals surface area contributed by atoms with Gasteiger partial charge in [0.05, 0.1) is 12.2 Å². The van der Waals surface area contributed by atoms with E-state index >= 15 is 0 Å². The molecular formula is C16H13BF2O3. The molecule has 1 aliphatic heterocycles. The van der Waals surface area contributed by atoms with Crippen molar-refractivity contribution in [2.45, 2.75) is 19.4 Å². The number of fused-ring (bicyclic) bond motifs is 1. The summed E-state index contributed by atoms with van der Waals surface area (Å²) in [5.74, 6) is -1.45. The number of carbonyl (C=O) groups is 1. The number of rotatable bonds is 4. The van der Waals surface area contributed by atoms with Gasteiger partial charge in [-0.1, -0.05) is 18.2 Å². The first kappa shape index (κ1) is 14.9. The lowest BCUT2D eigenvalue weighted by atomic mass is 9.78. The van der Waals surface area contributed by atoms with Crippen LogP contribution in [0.5, 0.6) is 0 Å². The average molecular weight is 302 g/mol.